The second kappa shape index (κ2) is 5.28. The van der Waals surface area contributed by atoms with E-state index in [0.717, 1.165) is 23.3 Å². The average molecular weight is 322 g/mol. The molecule has 4 nitrogen and oxygen atoms in total. The zero-order valence-corrected chi connectivity index (χ0v) is 13.3. The first-order valence-corrected chi connectivity index (χ1v) is 7.80. The molecule has 0 radical (unpaired) electrons. The summed E-state index contributed by atoms with van der Waals surface area (Å²) in [4.78, 5) is 9.48. The number of rotatable bonds is 1. The first-order chi connectivity index (χ1) is 11.1. The number of aryl methyl sites for hydroxylation is 1. The SMILES string of the molecule is Cc1cccc2c1OC1=NC(c3ccccc3O)=NC(=S)C1C2. The van der Waals surface area contributed by atoms with Gasteiger partial charge in [0.2, 0.25) is 5.90 Å². The summed E-state index contributed by atoms with van der Waals surface area (Å²) in [5.41, 5.74) is 2.75. The minimum Gasteiger partial charge on any atom is -0.507 e. The molecule has 0 bridgehead atoms. The molecule has 1 N–H and O–H groups in total. The minimum absolute atomic E-state index is 0.117. The van der Waals surface area contributed by atoms with Crippen LogP contribution in [0, 0.1) is 12.8 Å². The summed E-state index contributed by atoms with van der Waals surface area (Å²) < 4.78 is 6.03. The molecule has 114 valence electrons. The highest BCUT2D eigenvalue weighted by Crippen LogP contribution is 2.34. The number of hydrogen-bond acceptors (Lipinski definition) is 4. The minimum atomic E-state index is -0.117. The molecule has 0 aromatic heterocycles. The summed E-state index contributed by atoms with van der Waals surface area (Å²) in [7, 11) is 0. The Bertz CT molecular complexity index is 886. The molecule has 0 aliphatic carbocycles. The van der Waals surface area contributed by atoms with Crippen LogP contribution >= 0.6 is 12.2 Å². The number of para-hydroxylation sites is 2. The Balaban J connectivity index is 1.79. The van der Waals surface area contributed by atoms with Gasteiger partial charge in [0.1, 0.15) is 16.5 Å². The monoisotopic (exact) mass is 322 g/mol. The van der Waals surface area contributed by atoms with E-state index in [1.807, 2.05) is 31.2 Å². The molecule has 1 atom stereocenters. The zero-order chi connectivity index (χ0) is 16.0. The average Bonchev–Trinajstić information content (AvgIpc) is 2.54. The Kier molecular flexibility index (Phi) is 3.23. The number of nitrogens with zero attached hydrogens (tertiary/aromatic N) is 2. The van der Waals surface area contributed by atoms with E-state index in [1.54, 1.807) is 18.2 Å². The van der Waals surface area contributed by atoms with Gasteiger partial charge >= 0.3 is 0 Å². The number of fused-ring (bicyclic) bond motifs is 2. The van der Waals surface area contributed by atoms with Crippen molar-refractivity contribution in [3.8, 4) is 11.5 Å². The summed E-state index contributed by atoms with van der Waals surface area (Å²) in [5, 5.41) is 10.0. The summed E-state index contributed by atoms with van der Waals surface area (Å²) in [5.74, 6) is 1.82. The Morgan fingerprint density at radius 2 is 1.96 bits per heavy atom. The molecule has 2 aromatic rings. The number of phenols is 1. The van der Waals surface area contributed by atoms with Gasteiger partial charge < -0.3 is 9.84 Å². The van der Waals surface area contributed by atoms with Crippen LogP contribution in [0.4, 0.5) is 0 Å². The van der Waals surface area contributed by atoms with E-state index >= 15 is 0 Å². The number of aromatic hydroxyl groups is 1. The number of hydrogen-bond donors (Lipinski definition) is 1. The van der Waals surface area contributed by atoms with Crippen LogP contribution in [0.15, 0.2) is 52.4 Å². The highest BCUT2D eigenvalue weighted by Gasteiger charge is 2.34. The molecular weight excluding hydrogens is 308 g/mol. The van der Waals surface area contributed by atoms with E-state index in [4.69, 9.17) is 17.0 Å². The highest BCUT2D eigenvalue weighted by molar-refractivity contribution is 7.80. The lowest BCUT2D eigenvalue weighted by atomic mass is 9.93. The van der Waals surface area contributed by atoms with Gasteiger partial charge in [-0.3, -0.25) is 0 Å². The van der Waals surface area contributed by atoms with Crippen molar-refractivity contribution in [3.63, 3.8) is 0 Å². The lowest BCUT2D eigenvalue weighted by Gasteiger charge is -2.29. The van der Waals surface area contributed by atoms with Gasteiger partial charge in [-0.1, -0.05) is 42.5 Å². The number of aliphatic imine (C=N–C) groups is 2. The first-order valence-electron chi connectivity index (χ1n) is 7.39. The second-order valence-corrected chi connectivity index (χ2v) is 6.08. The smallest absolute Gasteiger partial charge is 0.207 e. The second-order valence-electron chi connectivity index (χ2n) is 5.66. The van der Waals surface area contributed by atoms with Crippen molar-refractivity contribution in [2.24, 2.45) is 15.9 Å². The van der Waals surface area contributed by atoms with Gasteiger partial charge in [-0.15, -0.1) is 0 Å². The van der Waals surface area contributed by atoms with Crippen LogP contribution in [0.5, 0.6) is 11.5 Å². The number of thiocarbonyl (C=S) groups is 1. The van der Waals surface area contributed by atoms with Crippen molar-refractivity contribution in [2.75, 3.05) is 0 Å². The van der Waals surface area contributed by atoms with E-state index in [1.165, 1.54) is 0 Å². The fourth-order valence-electron chi connectivity index (χ4n) is 2.89. The quantitative estimate of drug-likeness (QED) is 0.818. The van der Waals surface area contributed by atoms with Crippen molar-refractivity contribution >= 4 is 28.9 Å². The van der Waals surface area contributed by atoms with Crippen molar-refractivity contribution in [3.05, 3.63) is 59.2 Å². The predicted molar refractivity (Wildman–Crippen MR) is 93.7 cm³/mol. The fraction of sp³-hybridized carbons (Fsp3) is 0.167. The summed E-state index contributed by atoms with van der Waals surface area (Å²) in [6.45, 7) is 2.01. The van der Waals surface area contributed by atoms with Gasteiger partial charge in [0.25, 0.3) is 0 Å². The molecule has 0 saturated carbocycles. The maximum atomic E-state index is 10.0. The van der Waals surface area contributed by atoms with E-state index in [0.29, 0.717) is 22.3 Å². The molecule has 4 rings (SSSR count). The molecular formula is C18H14N2O2S. The lowest BCUT2D eigenvalue weighted by molar-refractivity contribution is 0.472. The number of ether oxygens (including phenoxy) is 1. The van der Waals surface area contributed by atoms with Gasteiger partial charge in [-0.05, 0) is 36.6 Å². The maximum absolute atomic E-state index is 10.0. The summed E-state index contributed by atoms with van der Waals surface area (Å²) in [6, 6.07) is 13.0. The van der Waals surface area contributed by atoms with Crippen molar-refractivity contribution in [1.82, 2.24) is 0 Å². The van der Waals surface area contributed by atoms with Gasteiger partial charge in [-0.2, -0.15) is 4.99 Å². The van der Waals surface area contributed by atoms with Crippen molar-refractivity contribution in [2.45, 2.75) is 13.3 Å². The Morgan fingerprint density at radius 3 is 2.78 bits per heavy atom. The van der Waals surface area contributed by atoms with Crippen LogP contribution < -0.4 is 4.74 Å². The number of phenolic OH excluding ortho intramolecular Hbond substituents is 1. The van der Waals surface area contributed by atoms with Crippen LogP contribution in [0.1, 0.15) is 16.7 Å². The Hall–Kier alpha value is -2.53. The molecule has 5 heteroatoms. The van der Waals surface area contributed by atoms with Crippen LogP contribution in [-0.2, 0) is 6.42 Å². The lowest BCUT2D eigenvalue weighted by Crippen LogP contribution is -2.36. The first kappa shape index (κ1) is 14.1. The molecule has 2 aliphatic rings. The third-order valence-corrected chi connectivity index (χ3v) is 4.47. The molecule has 0 fully saturated rings. The maximum Gasteiger partial charge on any atom is 0.207 e. The predicted octanol–water partition coefficient (Wildman–Crippen LogP) is 3.44. The standard InChI is InChI=1S/C18H14N2O2S/c1-10-5-4-6-11-9-13-17(22-15(10)11)19-16(20-18(13)23)12-7-2-3-8-14(12)21/h2-8,13,21H,9H2,1H3. The normalized spacial score (nSPS) is 19.2. The molecule has 0 amide bonds. The molecule has 1 unspecified atom stereocenters. The Labute approximate surface area is 139 Å². The summed E-state index contributed by atoms with van der Waals surface area (Å²) in [6.07, 6.45) is 0.742. The van der Waals surface area contributed by atoms with E-state index in [-0.39, 0.29) is 11.7 Å². The number of benzene rings is 2. The molecule has 2 aliphatic heterocycles. The molecule has 2 heterocycles. The third kappa shape index (κ3) is 2.33. The van der Waals surface area contributed by atoms with Gasteiger partial charge in [-0.25, -0.2) is 4.99 Å². The van der Waals surface area contributed by atoms with Crippen LogP contribution in [0.25, 0.3) is 0 Å². The fourth-order valence-corrected chi connectivity index (χ4v) is 3.16. The summed E-state index contributed by atoms with van der Waals surface area (Å²) >= 11 is 5.46. The zero-order valence-electron chi connectivity index (χ0n) is 12.5. The van der Waals surface area contributed by atoms with E-state index in [2.05, 4.69) is 9.98 Å². The Morgan fingerprint density at radius 1 is 1.13 bits per heavy atom. The third-order valence-electron chi connectivity index (χ3n) is 4.10. The van der Waals surface area contributed by atoms with Crippen LogP contribution in [-0.4, -0.2) is 21.8 Å². The molecule has 2 aromatic carbocycles. The van der Waals surface area contributed by atoms with Crippen LogP contribution in [0.3, 0.4) is 0 Å². The van der Waals surface area contributed by atoms with Crippen molar-refractivity contribution < 1.29 is 9.84 Å². The van der Waals surface area contributed by atoms with Gasteiger partial charge in [0.05, 0.1) is 11.5 Å². The van der Waals surface area contributed by atoms with Crippen molar-refractivity contribution in [1.29, 1.82) is 0 Å². The van der Waals surface area contributed by atoms with Gasteiger partial charge in [0, 0.05) is 0 Å². The van der Waals surface area contributed by atoms with Crippen LogP contribution in [0.2, 0.25) is 0 Å². The van der Waals surface area contributed by atoms with E-state index < -0.39 is 0 Å². The molecule has 23 heavy (non-hydrogen) atoms. The largest absolute Gasteiger partial charge is 0.507 e. The highest BCUT2D eigenvalue weighted by atomic mass is 32.1. The topological polar surface area (TPSA) is 54.2 Å². The number of amidine groups is 1. The van der Waals surface area contributed by atoms with Gasteiger partial charge in [0.15, 0.2) is 5.84 Å². The molecule has 0 saturated heterocycles. The molecule has 0 spiro atoms. The van der Waals surface area contributed by atoms with E-state index in [9.17, 15) is 5.11 Å².